The van der Waals surface area contributed by atoms with E-state index in [0.29, 0.717) is 0 Å². The minimum Gasteiger partial charge on any atom is -0.311 e. The zero-order chi connectivity index (χ0) is 33.2. The molecule has 0 fully saturated rings. The Labute approximate surface area is 289 Å². The highest BCUT2D eigenvalue weighted by molar-refractivity contribution is 5.87. The van der Waals surface area contributed by atoms with Crippen molar-refractivity contribution in [2.45, 2.75) is 19.3 Å². The van der Waals surface area contributed by atoms with Crippen molar-refractivity contribution in [1.82, 2.24) is 0 Å². The molecule has 1 aliphatic carbocycles. The molecule has 0 N–H and O–H groups in total. The first-order chi connectivity index (χ1) is 24.1. The summed E-state index contributed by atoms with van der Waals surface area (Å²) >= 11 is 0. The topological polar surface area (TPSA) is 6.48 Å². The van der Waals surface area contributed by atoms with E-state index >= 15 is 0 Å². The van der Waals surface area contributed by atoms with Crippen molar-refractivity contribution in [2.75, 3.05) is 9.80 Å². The van der Waals surface area contributed by atoms with Gasteiger partial charge in [0.1, 0.15) is 0 Å². The van der Waals surface area contributed by atoms with Crippen molar-refractivity contribution in [3.8, 4) is 11.1 Å². The number of benzene rings is 7. The summed E-state index contributed by atoms with van der Waals surface area (Å²) in [7, 11) is 0. The van der Waals surface area contributed by atoms with Gasteiger partial charge in [0.2, 0.25) is 0 Å². The van der Waals surface area contributed by atoms with E-state index in [1.165, 1.54) is 39.1 Å². The Balaban J connectivity index is 1.07. The van der Waals surface area contributed by atoms with Crippen LogP contribution in [0.1, 0.15) is 36.1 Å². The molecule has 0 aromatic heterocycles. The molecule has 8 rings (SSSR count). The monoisotopic (exact) mass is 630 g/mol. The van der Waals surface area contributed by atoms with Gasteiger partial charge >= 0.3 is 0 Å². The molecule has 49 heavy (non-hydrogen) atoms. The maximum atomic E-state index is 2.39. The third kappa shape index (κ3) is 5.83. The first-order valence-electron chi connectivity index (χ1n) is 16.9. The van der Waals surface area contributed by atoms with Crippen molar-refractivity contribution < 1.29 is 0 Å². The molecule has 0 aliphatic heterocycles. The van der Waals surface area contributed by atoms with E-state index in [4.69, 9.17) is 0 Å². The summed E-state index contributed by atoms with van der Waals surface area (Å²) in [4.78, 5) is 4.63. The number of hydrogen-bond acceptors (Lipinski definition) is 2. The van der Waals surface area contributed by atoms with Gasteiger partial charge in [-0.3, -0.25) is 0 Å². The van der Waals surface area contributed by atoms with E-state index < -0.39 is 0 Å². The number of anilines is 6. The minimum atomic E-state index is -0.135. The number of hydrogen-bond donors (Lipinski definition) is 0. The highest BCUT2D eigenvalue weighted by atomic mass is 15.1. The van der Waals surface area contributed by atoms with Crippen LogP contribution in [0.15, 0.2) is 182 Å². The SMILES string of the molecule is CC1(C)c2cc(C=Cc3ccc(N(c4ccccc4)c4ccccc4)cc3)ccc2-c2ccc(N(c3ccccc3)c3ccccc3)cc21. The van der Waals surface area contributed by atoms with E-state index in [9.17, 15) is 0 Å². The summed E-state index contributed by atoms with van der Waals surface area (Å²) in [5, 5.41) is 0. The lowest BCUT2D eigenvalue weighted by Crippen LogP contribution is -2.16. The lowest BCUT2D eigenvalue weighted by atomic mass is 9.81. The normalized spacial score (nSPS) is 12.8. The van der Waals surface area contributed by atoms with Crippen molar-refractivity contribution in [3.05, 3.63) is 204 Å². The third-order valence-electron chi connectivity index (χ3n) is 9.62. The third-order valence-corrected chi connectivity index (χ3v) is 9.62. The largest absolute Gasteiger partial charge is 0.311 e. The highest BCUT2D eigenvalue weighted by Crippen LogP contribution is 2.51. The zero-order valence-corrected chi connectivity index (χ0v) is 27.9. The molecule has 0 saturated heterocycles. The minimum absolute atomic E-state index is 0.135. The molecule has 0 amide bonds. The van der Waals surface area contributed by atoms with Gasteiger partial charge in [-0.1, -0.05) is 135 Å². The van der Waals surface area contributed by atoms with Gasteiger partial charge in [0.25, 0.3) is 0 Å². The lowest BCUT2D eigenvalue weighted by Gasteiger charge is -2.28. The van der Waals surface area contributed by atoms with E-state index in [1.54, 1.807) is 0 Å². The quantitative estimate of drug-likeness (QED) is 0.154. The molecule has 0 spiro atoms. The number of rotatable bonds is 8. The summed E-state index contributed by atoms with van der Waals surface area (Å²) in [6.07, 6.45) is 4.45. The van der Waals surface area contributed by atoms with Gasteiger partial charge in [0.15, 0.2) is 0 Å². The Morgan fingerprint density at radius 2 is 0.694 bits per heavy atom. The van der Waals surface area contributed by atoms with Gasteiger partial charge in [-0.15, -0.1) is 0 Å². The Morgan fingerprint density at radius 3 is 1.18 bits per heavy atom. The first-order valence-corrected chi connectivity index (χ1v) is 16.9. The summed E-state index contributed by atoms with van der Waals surface area (Å²) in [6, 6.07) is 65.0. The van der Waals surface area contributed by atoms with E-state index in [0.717, 1.165) is 28.4 Å². The molecule has 0 radical (unpaired) electrons. The molecule has 2 heteroatoms. The van der Waals surface area contributed by atoms with Crippen LogP contribution in [-0.4, -0.2) is 0 Å². The fourth-order valence-corrected chi connectivity index (χ4v) is 7.12. The predicted molar refractivity (Wildman–Crippen MR) is 209 cm³/mol. The molecule has 7 aromatic carbocycles. The van der Waals surface area contributed by atoms with E-state index in [1.807, 2.05) is 0 Å². The molecular formula is C47H38N2. The first kappa shape index (κ1) is 30.2. The number of para-hydroxylation sites is 4. The molecule has 0 bridgehead atoms. The van der Waals surface area contributed by atoms with Crippen LogP contribution in [0.5, 0.6) is 0 Å². The predicted octanol–water partition coefficient (Wildman–Crippen LogP) is 13.1. The van der Waals surface area contributed by atoms with Crippen molar-refractivity contribution in [2.24, 2.45) is 0 Å². The molecule has 0 unspecified atom stereocenters. The Hall–Kier alpha value is -6.12. The maximum Gasteiger partial charge on any atom is 0.0465 e. The molecule has 0 saturated carbocycles. The second-order valence-electron chi connectivity index (χ2n) is 13.1. The number of fused-ring (bicyclic) bond motifs is 3. The van der Waals surface area contributed by atoms with Gasteiger partial charge in [0.05, 0.1) is 0 Å². The van der Waals surface area contributed by atoms with Gasteiger partial charge in [0, 0.05) is 39.5 Å². The summed E-state index contributed by atoms with van der Waals surface area (Å²) in [5.41, 5.74) is 14.5. The Kier molecular flexibility index (Phi) is 7.91. The number of nitrogens with zero attached hydrogens (tertiary/aromatic N) is 2. The average molecular weight is 631 g/mol. The van der Waals surface area contributed by atoms with Gasteiger partial charge in [-0.2, -0.15) is 0 Å². The van der Waals surface area contributed by atoms with Gasteiger partial charge < -0.3 is 9.80 Å². The maximum absolute atomic E-state index is 2.39. The highest BCUT2D eigenvalue weighted by Gasteiger charge is 2.36. The van der Waals surface area contributed by atoms with Gasteiger partial charge in [-0.05, 0) is 106 Å². The standard InChI is InChI=1S/C47H38N2/c1-47(2)45-33-36(24-23-35-25-28-41(29-26-35)48(37-15-7-3-8-16-37)38-17-9-4-10-18-38)27-31-43(45)44-32-30-42(34-46(44)47)49(39-19-11-5-12-20-39)40-21-13-6-14-22-40/h3-34H,1-2H3. The molecular weight excluding hydrogens is 593 g/mol. The molecule has 236 valence electrons. The van der Waals surface area contributed by atoms with Crippen molar-refractivity contribution >= 4 is 46.3 Å². The van der Waals surface area contributed by atoms with Crippen molar-refractivity contribution in [1.29, 1.82) is 0 Å². The molecule has 2 nitrogen and oxygen atoms in total. The van der Waals surface area contributed by atoms with E-state index in [2.05, 4.69) is 218 Å². The summed E-state index contributed by atoms with van der Waals surface area (Å²) in [6.45, 7) is 4.71. The van der Waals surface area contributed by atoms with Crippen LogP contribution in [0.3, 0.4) is 0 Å². The molecule has 1 aliphatic rings. The molecule has 0 atom stereocenters. The van der Waals surface area contributed by atoms with Crippen LogP contribution in [0.2, 0.25) is 0 Å². The fraction of sp³-hybridized carbons (Fsp3) is 0.0638. The zero-order valence-electron chi connectivity index (χ0n) is 27.9. The van der Waals surface area contributed by atoms with Crippen LogP contribution in [0, 0.1) is 0 Å². The summed E-state index contributed by atoms with van der Waals surface area (Å²) in [5.74, 6) is 0. The second-order valence-corrected chi connectivity index (χ2v) is 13.1. The average Bonchev–Trinajstić information content (AvgIpc) is 3.38. The fourth-order valence-electron chi connectivity index (χ4n) is 7.12. The van der Waals surface area contributed by atoms with Crippen LogP contribution in [-0.2, 0) is 5.41 Å². The Morgan fingerprint density at radius 1 is 0.347 bits per heavy atom. The lowest BCUT2D eigenvalue weighted by molar-refractivity contribution is 0.660. The van der Waals surface area contributed by atoms with Gasteiger partial charge in [-0.25, -0.2) is 0 Å². The van der Waals surface area contributed by atoms with Crippen LogP contribution < -0.4 is 9.80 Å². The van der Waals surface area contributed by atoms with Crippen molar-refractivity contribution in [3.63, 3.8) is 0 Å². The smallest absolute Gasteiger partial charge is 0.0465 e. The van der Waals surface area contributed by atoms with Crippen LogP contribution >= 0.6 is 0 Å². The Bertz CT molecular complexity index is 2140. The van der Waals surface area contributed by atoms with Crippen LogP contribution in [0.4, 0.5) is 34.1 Å². The van der Waals surface area contributed by atoms with E-state index in [-0.39, 0.29) is 5.41 Å². The second kappa shape index (κ2) is 12.8. The molecule has 0 heterocycles. The van der Waals surface area contributed by atoms with Crippen LogP contribution in [0.25, 0.3) is 23.3 Å². The molecule has 7 aromatic rings. The summed E-state index contributed by atoms with van der Waals surface area (Å²) < 4.78 is 0.